The third-order valence-corrected chi connectivity index (χ3v) is 6.27. The van der Waals surface area contributed by atoms with Crippen molar-refractivity contribution in [3.63, 3.8) is 0 Å². The van der Waals surface area contributed by atoms with Crippen molar-refractivity contribution >= 4 is 28.5 Å². The van der Waals surface area contributed by atoms with Crippen LogP contribution in [-0.2, 0) is 4.74 Å². The number of nitrogens with two attached hydrogens (primary N) is 3. The number of carbonyl (C=O) groups excluding carboxylic acids is 2. The Hall–Kier alpha value is -3.84. The van der Waals surface area contributed by atoms with E-state index in [2.05, 4.69) is 4.98 Å². The molecule has 0 saturated carbocycles. The molecule has 0 bridgehead atoms. The molecule has 2 heterocycles. The second-order valence-corrected chi connectivity index (χ2v) is 8.99. The highest BCUT2D eigenvalue weighted by molar-refractivity contribution is 6.07. The van der Waals surface area contributed by atoms with Gasteiger partial charge in [0.2, 0.25) is 5.88 Å². The number of aromatic nitrogens is 1. The van der Waals surface area contributed by atoms with Crippen molar-refractivity contribution in [2.45, 2.75) is 13.3 Å². The van der Waals surface area contributed by atoms with Crippen molar-refractivity contribution in [3.8, 4) is 5.88 Å². The summed E-state index contributed by atoms with van der Waals surface area (Å²) in [6.45, 7) is 3.93. The summed E-state index contributed by atoms with van der Waals surface area (Å²) in [5.74, 6) is 9.84. The van der Waals surface area contributed by atoms with E-state index in [1.807, 2.05) is 30.0 Å². The van der Waals surface area contributed by atoms with Crippen LogP contribution in [0.15, 0.2) is 42.5 Å². The molecule has 202 valence electrons. The van der Waals surface area contributed by atoms with E-state index in [1.165, 1.54) is 24.3 Å². The first-order chi connectivity index (χ1) is 18.3. The number of pyridine rings is 1. The Bertz CT molecular complexity index is 1290. The number of hydrazine groups is 2. The summed E-state index contributed by atoms with van der Waals surface area (Å²) in [7, 11) is 0. The molecule has 4 rings (SSSR count). The number of anilines is 1. The van der Waals surface area contributed by atoms with Crippen LogP contribution < -0.4 is 27.1 Å². The van der Waals surface area contributed by atoms with Gasteiger partial charge in [-0.2, -0.15) is 5.12 Å². The number of aryl methyl sites for hydroxylation is 1. The number of halogens is 1. The summed E-state index contributed by atoms with van der Waals surface area (Å²) >= 11 is 0. The molecule has 3 aromatic rings. The number of hydrogen-bond acceptors (Lipinski definition) is 10. The maximum absolute atomic E-state index is 13.3. The molecule has 1 amide bonds. The molecular formula is C26H32FN7O4. The second-order valence-electron chi connectivity index (χ2n) is 8.99. The van der Waals surface area contributed by atoms with Gasteiger partial charge in [0.1, 0.15) is 18.1 Å². The number of benzene rings is 2. The van der Waals surface area contributed by atoms with Gasteiger partial charge in [-0.3, -0.25) is 22.2 Å². The lowest BCUT2D eigenvalue weighted by Crippen LogP contribution is -2.49. The molecule has 1 saturated heterocycles. The maximum Gasteiger partial charge on any atom is 0.347 e. The largest absolute Gasteiger partial charge is 0.477 e. The van der Waals surface area contributed by atoms with E-state index in [4.69, 9.17) is 26.9 Å². The van der Waals surface area contributed by atoms with Crippen LogP contribution in [0.25, 0.3) is 10.9 Å². The smallest absolute Gasteiger partial charge is 0.347 e. The van der Waals surface area contributed by atoms with Gasteiger partial charge in [0, 0.05) is 43.7 Å². The standard InChI is InChI=1S/C26H32FN7O4/c1-17-3-8-21-20(15-17)23(22(26(36)38-16-28)24(31-21)37-14-2-9-34(29)30)32-10-12-33(13-11-32)25(35)18-4-6-19(27)7-5-18/h3-8,15H,2,9-14,16,28-30H2,1H3. The zero-order chi connectivity index (χ0) is 27.2. The first kappa shape index (κ1) is 27.2. The predicted octanol–water partition coefficient (Wildman–Crippen LogP) is 1.54. The normalized spacial score (nSPS) is 13.7. The monoisotopic (exact) mass is 525 g/mol. The molecule has 12 heteroatoms. The molecule has 38 heavy (non-hydrogen) atoms. The first-order valence-electron chi connectivity index (χ1n) is 12.3. The maximum atomic E-state index is 13.3. The van der Waals surface area contributed by atoms with Crippen molar-refractivity contribution in [1.29, 1.82) is 0 Å². The van der Waals surface area contributed by atoms with Crippen molar-refractivity contribution in [2.24, 2.45) is 17.4 Å². The Labute approximate surface area is 219 Å². The summed E-state index contributed by atoms with van der Waals surface area (Å²) < 4.78 is 24.4. The Kier molecular flexibility index (Phi) is 8.69. The van der Waals surface area contributed by atoms with Gasteiger partial charge in [0.15, 0.2) is 0 Å². The molecular weight excluding hydrogens is 493 g/mol. The van der Waals surface area contributed by atoms with Crippen molar-refractivity contribution in [2.75, 3.05) is 51.0 Å². The Morgan fingerprint density at radius 3 is 2.45 bits per heavy atom. The fourth-order valence-corrected chi connectivity index (χ4v) is 4.43. The van der Waals surface area contributed by atoms with Crippen LogP contribution in [0.2, 0.25) is 0 Å². The van der Waals surface area contributed by atoms with E-state index in [0.717, 1.165) is 16.1 Å². The minimum atomic E-state index is -0.655. The van der Waals surface area contributed by atoms with Crippen molar-refractivity contribution in [1.82, 2.24) is 15.0 Å². The molecule has 1 aromatic heterocycles. The zero-order valence-electron chi connectivity index (χ0n) is 21.2. The second kappa shape index (κ2) is 12.1. The molecule has 0 atom stereocenters. The van der Waals surface area contributed by atoms with Gasteiger partial charge in [-0.25, -0.2) is 14.2 Å². The topological polar surface area (TPSA) is 153 Å². The lowest BCUT2D eigenvalue weighted by atomic mass is 10.0. The zero-order valence-corrected chi connectivity index (χ0v) is 21.2. The summed E-state index contributed by atoms with van der Waals surface area (Å²) in [6, 6.07) is 11.2. The third kappa shape index (κ3) is 6.17. The fourth-order valence-electron chi connectivity index (χ4n) is 4.43. The number of ether oxygens (including phenoxy) is 2. The minimum absolute atomic E-state index is 0.125. The number of nitrogens with zero attached hydrogens (tertiary/aromatic N) is 4. The van der Waals surface area contributed by atoms with E-state index in [9.17, 15) is 14.0 Å². The number of rotatable bonds is 9. The number of carbonyl (C=O) groups is 2. The van der Waals surface area contributed by atoms with Crippen LogP contribution in [0.1, 0.15) is 32.7 Å². The molecule has 0 spiro atoms. The lowest BCUT2D eigenvalue weighted by Gasteiger charge is -2.37. The molecule has 1 aliphatic heterocycles. The Morgan fingerprint density at radius 1 is 1.08 bits per heavy atom. The number of amides is 1. The molecule has 1 fully saturated rings. The Balaban J connectivity index is 1.67. The summed E-state index contributed by atoms with van der Waals surface area (Å²) in [5, 5.41) is 1.82. The van der Waals surface area contributed by atoms with Crippen LogP contribution in [0, 0.1) is 12.7 Å². The lowest BCUT2D eigenvalue weighted by molar-refractivity contribution is 0.0509. The van der Waals surface area contributed by atoms with Crippen LogP contribution in [-0.4, -0.2) is 72.9 Å². The molecule has 0 radical (unpaired) electrons. The van der Waals surface area contributed by atoms with Gasteiger partial charge in [-0.1, -0.05) is 11.6 Å². The van der Waals surface area contributed by atoms with Gasteiger partial charge in [-0.15, -0.1) is 0 Å². The van der Waals surface area contributed by atoms with Crippen LogP contribution >= 0.6 is 0 Å². The number of piperazine rings is 1. The van der Waals surface area contributed by atoms with Gasteiger partial charge in [-0.05, 0) is 49.7 Å². The van der Waals surface area contributed by atoms with Gasteiger partial charge < -0.3 is 19.3 Å². The van der Waals surface area contributed by atoms with Crippen molar-refractivity contribution in [3.05, 3.63) is 65.0 Å². The van der Waals surface area contributed by atoms with Gasteiger partial charge in [0.25, 0.3) is 5.91 Å². The van der Waals surface area contributed by atoms with Crippen LogP contribution in [0.5, 0.6) is 5.88 Å². The Morgan fingerprint density at radius 2 is 1.79 bits per heavy atom. The third-order valence-electron chi connectivity index (χ3n) is 6.27. The molecule has 0 unspecified atom stereocenters. The average Bonchev–Trinajstić information content (AvgIpc) is 2.90. The highest BCUT2D eigenvalue weighted by Crippen LogP contribution is 2.37. The van der Waals surface area contributed by atoms with E-state index >= 15 is 0 Å². The highest BCUT2D eigenvalue weighted by atomic mass is 19.1. The van der Waals surface area contributed by atoms with Gasteiger partial charge in [0.05, 0.1) is 17.8 Å². The molecule has 0 aliphatic carbocycles. The van der Waals surface area contributed by atoms with Crippen LogP contribution in [0.4, 0.5) is 10.1 Å². The quantitative estimate of drug-likeness (QED) is 0.123. The summed E-state index contributed by atoms with van der Waals surface area (Å²) in [6.07, 6.45) is 0.505. The minimum Gasteiger partial charge on any atom is -0.477 e. The molecule has 1 aliphatic rings. The van der Waals surface area contributed by atoms with E-state index in [-0.39, 0.29) is 30.7 Å². The van der Waals surface area contributed by atoms with Crippen molar-refractivity contribution < 1.29 is 23.5 Å². The van der Waals surface area contributed by atoms with Gasteiger partial charge >= 0.3 is 5.97 Å². The SMILES string of the molecule is Cc1ccc2nc(OCCCN(N)N)c(C(=O)OCN)c(N3CCN(C(=O)c4ccc(F)cc4)CC3)c2c1. The molecule has 2 aromatic carbocycles. The number of esters is 1. The predicted molar refractivity (Wildman–Crippen MR) is 141 cm³/mol. The first-order valence-corrected chi connectivity index (χ1v) is 12.3. The van der Waals surface area contributed by atoms with E-state index < -0.39 is 11.8 Å². The summed E-state index contributed by atoms with van der Waals surface area (Å²) in [5.41, 5.74) is 8.37. The number of hydrogen-bond donors (Lipinski definition) is 3. The molecule has 6 N–H and O–H groups in total. The average molecular weight is 526 g/mol. The fraction of sp³-hybridized carbons (Fsp3) is 0.346. The van der Waals surface area contributed by atoms with E-state index in [0.29, 0.717) is 55.9 Å². The van der Waals surface area contributed by atoms with Crippen LogP contribution in [0.3, 0.4) is 0 Å². The molecule has 11 nitrogen and oxygen atoms in total. The summed E-state index contributed by atoms with van der Waals surface area (Å²) in [4.78, 5) is 34.5. The highest BCUT2D eigenvalue weighted by Gasteiger charge is 2.30. The number of fused-ring (bicyclic) bond motifs is 1. The van der Waals surface area contributed by atoms with E-state index in [1.54, 1.807) is 4.90 Å².